The van der Waals surface area contributed by atoms with E-state index in [9.17, 15) is 4.79 Å². The van der Waals surface area contributed by atoms with Crippen LogP contribution >= 0.6 is 0 Å². The van der Waals surface area contributed by atoms with E-state index >= 15 is 0 Å². The van der Waals surface area contributed by atoms with Crippen LogP contribution in [0.25, 0.3) is 0 Å². The minimum absolute atomic E-state index is 0.0716. The molecule has 3 rings (SSSR count). The summed E-state index contributed by atoms with van der Waals surface area (Å²) in [4.78, 5) is 16.5. The topological polar surface area (TPSA) is 83.8 Å². The van der Waals surface area contributed by atoms with Crippen molar-refractivity contribution in [2.75, 3.05) is 0 Å². The molecule has 6 nitrogen and oxygen atoms in total. The van der Waals surface area contributed by atoms with E-state index < -0.39 is 0 Å². The Hall–Kier alpha value is -2.89. The Labute approximate surface area is 133 Å². The number of aryl methyl sites for hydroxylation is 1. The molecule has 118 valence electrons. The van der Waals surface area contributed by atoms with Gasteiger partial charge in [-0.2, -0.15) is 5.10 Å². The molecule has 0 bridgehead atoms. The number of H-pyrrole nitrogens is 1. The molecule has 0 spiro atoms. The number of carbonyl (C=O) groups is 1. The van der Waals surface area contributed by atoms with Gasteiger partial charge in [-0.05, 0) is 24.6 Å². The average molecular weight is 310 g/mol. The summed E-state index contributed by atoms with van der Waals surface area (Å²) in [5, 5.41) is 9.61. The molecule has 0 radical (unpaired) electrons. The smallest absolute Gasteiger partial charge is 0.221 e. The lowest BCUT2D eigenvalue weighted by atomic mass is 9.93. The Balaban J connectivity index is 1.67. The highest BCUT2D eigenvalue weighted by atomic mass is 16.3. The normalized spacial score (nSPS) is 12.0. The molecule has 3 aromatic rings. The van der Waals surface area contributed by atoms with Crippen molar-refractivity contribution in [1.29, 1.82) is 0 Å². The highest BCUT2D eigenvalue weighted by Gasteiger charge is 2.20. The Morgan fingerprint density at radius 2 is 2.09 bits per heavy atom. The molecule has 1 atom stereocenters. The first kappa shape index (κ1) is 15.0. The van der Waals surface area contributed by atoms with Crippen LogP contribution in [0.1, 0.15) is 35.3 Å². The van der Waals surface area contributed by atoms with Gasteiger partial charge in [0, 0.05) is 6.42 Å². The summed E-state index contributed by atoms with van der Waals surface area (Å²) < 4.78 is 5.51. The van der Waals surface area contributed by atoms with Gasteiger partial charge < -0.3 is 9.73 Å². The van der Waals surface area contributed by atoms with Gasteiger partial charge in [-0.1, -0.05) is 30.3 Å². The van der Waals surface area contributed by atoms with E-state index in [1.165, 1.54) is 0 Å². The monoisotopic (exact) mass is 310 g/mol. The fourth-order valence-corrected chi connectivity index (χ4v) is 2.46. The molecule has 0 aliphatic heterocycles. The number of aromatic nitrogens is 3. The molecule has 6 heteroatoms. The fraction of sp³-hybridized carbons (Fsp3) is 0.235. The van der Waals surface area contributed by atoms with Crippen molar-refractivity contribution in [3.8, 4) is 0 Å². The number of furan rings is 1. The summed E-state index contributed by atoms with van der Waals surface area (Å²) in [5.74, 6) is 1.90. The minimum Gasteiger partial charge on any atom is -0.469 e. The van der Waals surface area contributed by atoms with Crippen LogP contribution < -0.4 is 5.32 Å². The van der Waals surface area contributed by atoms with Crippen LogP contribution in [0.15, 0.2) is 53.1 Å². The van der Waals surface area contributed by atoms with Crippen LogP contribution in [0.4, 0.5) is 0 Å². The summed E-state index contributed by atoms with van der Waals surface area (Å²) >= 11 is 0. The molecule has 2 N–H and O–H groups in total. The van der Waals surface area contributed by atoms with Crippen LogP contribution in [-0.2, 0) is 11.3 Å². The van der Waals surface area contributed by atoms with Gasteiger partial charge in [0.2, 0.25) is 5.91 Å². The third-order valence-electron chi connectivity index (χ3n) is 3.57. The van der Waals surface area contributed by atoms with Crippen molar-refractivity contribution in [1.82, 2.24) is 20.5 Å². The lowest BCUT2D eigenvalue weighted by molar-refractivity contribution is -0.121. The number of aromatic amines is 1. The zero-order chi connectivity index (χ0) is 16.1. The van der Waals surface area contributed by atoms with Crippen LogP contribution in [-0.4, -0.2) is 21.1 Å². The third-order valence-corrected chi connectivity index (χ3v) is 3.57. The van der Waals surface area contributed by atoms with Crippen LogP contribution in [0, 0.1) is 6.92 Å². The zero-order valence-corrected chi connectivity index (χ0v) is 12.8. The molecule has 2 aromatic heterocycles. The van der Waals surface area contributed by atoms with E-state index in [2.05, 4.69) is 20.5 Å². The molecule has 2 heterocycles. The van der Waals surface area contributed by atoms with Gasteiger partial charge in [0.05, 0.1) is 18.7 Å². The van der Waals surface area contributed by atoms with Gasteiger partial charge in [-0.25, -0.2) is 4.98 Å². The number of hydrogen-bond acceptors (Lipinski definition) is 4. The predicted molar refractivity (Wildman–Crippen MR) is 84.6 cm³/mol. The number of rotatable bonds is 6. The Morgan fingerprint density at radius 1 is 1.26 bits per heavy atom. The van der Waals surface area contributed by atoms with Gasteiger partial charge >= 0.3 is 0 Å². The minimum atomic E-state index is -0.111. The van der Waals surface area contributed by atoms with Crippen LogP contribution in [0.5, 0.6) is 0 Å². The molecule has 23 heavy (non-hydrogen) atoms. The van der Waals surface area contributed by atoms with E-state index in [0.717, 1.165) is 17.1 Å². The summed E-state index contributed by atoms with van der Waals surface area (Å²) in [6.45, 7) is 2.13. The van der Waals surface area contributed by atoms with E-state index in [1.54, 1.807) is 6.26 Å². The third kappa shape index (κ3) is 3.85. The van der Waals surface area contributed by atoms with Gasteiger partial charge in [-0.15, -0.1) is 0 Å². The highest BCUT2D eigenvalue weighted by molar-refractivity contribution is 5.77. The zero-order valence-electron chi connectivity index (χ0n) is 12.8. The number of nitrogens with one attached hydrogen (secondary N) is 2. The van der Waals surface area contributed by atoms with E-state index in [1.807, 2.05) is 49.4 Å². The van der Waals surface area contributed by atoms with Gasteiger partial charge in [0.1, 0.15) is 11.6 Å². The highest BCUT2D eigenvalue weighted by Crippen LogP contribution is 2.28. The van der Waals surface area contributed by atoms with Crippen molar-refractivity contribution in [3.63, 3.8) is 0 Å². The van der Waals surface area contributed by atoms with Crippen molar-refractivity contribution in [2.24, 2.45) is 0 Å². The lowest BCUT2D eigenvalue weighted by Gasteiger charge is -2.14. The second kappa shape index (κ2) is 6.91. The van der Waals surface area contributed by atoms with Gasteiger partial charge in [0.15, 0.2) is 5.82 Å². The lowest BCUT2D eigenvalue weighted by Crippen LogP contribution is -2.25. The second-order valence-corrected chi connectivity index (χ2v) is 5.30. The van der Waals surface area contributed by atoms with E-state index in [0.29, 0.717) is 18.8 Å². The fourth-order valence-electron chi connectivity index (χ4n) is 2.46. The summed E-state index contributed by atoms with van der Waals surface area (Å²) in [7, 11) is 0. The van der Waals surface area contributed by atoms with E-state index in [-0.39, 0.29) is 11.8 Å². The summed E-state index contributed by atoms with van der Waals surface area (Å²) in [5.41, 5.74) is 1.05. The first-order chi connectivity index (χ1) is 11.2. The van der Waals surface area contributed by atoms with Crippen molar-refractivity contribution in [2.45, 2.75) is 25.8 Å². The quantitative estimate of drug-likeness (QED) is 0.733. The molecule has 1 amide bonds. The first-order valence-electron chi connectivity index (χ1n) is 7.45. The van der Waals surface area contributed by atoms with E-state index in [4.69, 9.17) is 4.42 Å². The molecule has 0 aliphatic rings. The average Bonchev–Trinajstić information content (AvgIpc) is 3.23. The summed E-state index contributed by atoms with van der Waals surface area (Å²) in [6.07, 6.45) is 1.93. The van der Waals surface area contributed by atoms with Crippen LogP contribution in [0.2, 0.25) is 0 Å². The molecule has 1 aromatic carbocycles. The molecular formula is C17H18N4O2. The Bertz CT molecular complexity index is 750. The summed E-state index contributed by atoms with van der Waals surface area (Å²) in [6, 6.07) is 13.6. The SMILES string of the molecule is Cc1nc(CNC(=O)C[C@H](c2ccccc2)c2ccco2)n[nH]1. The van der Waals surface area contributed by atoms with Gasteiger partial charge in [0.25, 0.3) is 0 Å². The molecular weight excluding hydrogens is 292 g/mol. The molecule has 0 fully saturated rings. The second-order valence-electron chi connectivity index (χ2n) is 5.30. The number of amides is 1. The molecule has 0 saturated heterocycles. The Kier molecular flexibility index (Phi) is 4.52. The number of carbonyl (C=O) groups excluding carboxylic acids is 1. The van der Waals surface area contributed by atoms with Gasteiger partial charge in [-0.3, -0.25) is 9.89 Å². The maximum Gasteiger partial charge on any atom is 0.221 e. The maximum atomic E-state index is 12.3. The predicted octanol–water partition coefficient (Wildman–Crippen LogP) is 2.54. The van der Waals surface area contributed by atoms with Crippen molar-refractivity contribution < 1.29 is 9.21 Å². The number of nitrogens with zero attached hydrogens (tertiary/aromatic N) is 2. The molecule has 0 saturated carbocycles. The number of benzene rings is 1. The maximum absolute atomic E-state index is 12.3. The first-order valence-corrected chi connectivity index (χ1v) is 7.45. The largest absolute Gasteiger partial charge is 0.469 e. The number of hydrogen-bond donors (Lipinski definition) is 2. The molecule has 0 unspecified atom stereocenters. The Morgan fingerprint density at radius 3 is 2.74 bits per heavy atom. The van der Waals surface area contributed by atoms with Crippen LogP contribution in [0.3, 0.4) is 0 Å². The van der Waals surface area contributed by atoms with Crippen molar-refractivity contribution >= 4 is 5.91 Å². The van der Waals surface area contributed by atoms with Crippen molar-refractivity contribution in [3.05, 3.63) is 71.7 Å². The standard InChI is InChI=1S/C17H18N4O2/c1-12-19-16(21-20-12)11-18-17(22)10-14(15-8-5-9-23-15)13-6-3-2-4-7-13/h2-9,14H,10-11H2,1H3,(H,18,22)(H,19,20,21)/t14-/m1/s1. The molecule has 0 aliphatic carbocycles.